The van der Waals surface area contributed by atoms with Crippen LogP contribution in [0, 0.1) is 6.92 Å². The van der Waals surface area contributed by atoms with Crippen LogP contribution in [0.4, 0.5) is 11.5 Å². The summed E-state index contributed by atoms with van der Waals surface area (Å²) in [5, 5.41) is 15.5. The highest BCUT2D eigenvalue weighted by molar-refractivity contribution is 6.30. The lowest BCUT2D eigenvalue weighted by Gasteiger charge is -2.10. The number of pyridine rings is 1. The van der Waals surface area contributed by atoms with Crippen molar-refractivity contribution in [1.29, 1.82) is 0 Å². The van der Waals surface area contributed by atoms with Crippen molar-refractivity contribution in [3.05, 3.63) is 69.1 Å². The van der Waals surface area contributed by atoms with Crippen molar-refractivity contribution < 1.29 is 5.21 Å². The summed E-state index contributed by atoms with van der Waals surface area (Å²) in [5.74, 6) is 0.305. The van der Waals surface area contributed by atoms with Gasteiger partial charge in [-0.15, -0.1) is 0 Å². The molecular formula is C16H13ClN4O2. The molecule has 0 aliphatic heterocycles. The summed E-state index contributed by atoms with van der Waals surface area (Å²) in [5.41, 5.74) is 1.96. The Kier molecular flexibility index (Phi) is 3.99. The van der Waals surface area contributed by atoms with Crippen LogP contribution < -0.4 is 10.9 Å². The lowest BCUT2D eigenvalue weighted by molar-refractivity contribution is 0.322. The van der Waals surface area contributed by atoms with Gasteiger partial charge in [-0.25, -0.2) is 4.98 Å². The molecule has 3 aromatic rings. The van der Waals surface area contributed by atoms with E-state index in [2.05, 4.69) is 15.5 Å². The first kappa shape index (κ1) is 15.1. The van der Waals surface area contributed by atoms with Crippen LogP contribution in [0.15, 0.2) is 52.5 Å². The van der Waals surface area contributed by atoms with Crippen molar-refractivity contribution in [3.8, 4) is 0 Å². The van der Waals surface area contributed by atoms with E-state index in [1.54, 1.807) is 36.5 Å². The number of aromatic nitrogens is 2. The second kappa shape index (κ2) is 6.10. The number of halogens is 1. The van der Waals surface area contributed by atoms with Crippen LogP contribution in [0.5, 0.6) is 0 Å². The molecule has 0 amide bonds. The molecular weight excluding hydrogens is 316 g/mol. The first-order chi connectivity index (χ1) is 11.1. The Bertz CT molecular complexity index is 949. The molecule has 0 bridgehead atoms. The Morgan fingerprint density at radius 3 is 2.70 bits per heavy atom. The van der Waals surface area contributed by atoms with Crippen LogP contribution in [0.1, 0.15) is 11.1 Å². The Morgan fingerprint density at radius 1 is 1.26 bits per heavy atom. The second-order valence-electron chi connectivity index (χ2n) is 4.99. The van der Waals surface area contributed by atoms with Crippen molar-refractivity contribution in [1.82, 2.24) is 9.38 Å². The van der Waals surface area contributed by atoms with Crippen LogP contribution in [-0.2, 0) is 0 Å². The first-order valence-electron chi connectivity index (χ1n) is 6.81. The third-order valence-corrected chi connectivity index (χ3v) is 3.55. The van der Waals surface area contributed by atoms with E-state index in [4.69, 9.17) is 16.8 Å². The van der Waals surface area contributed by atoms with Crippen LogP contribution in [0.3, 0.4) is 0 Å². The van der Waals surface area contributed by atoms with Crippen molar-refractivity contribution >= 4 is 35.0 Å². The minimum atomic E-state index is -0.326. The number of nitrogens with one attached hydrogen (secondary N) is 1. The molecule has 0 atom stereocenters. The molecule has 2 heterocycles. The van der Waals surface area contributed by atoms with Gasteiger partial charge in [-0.1, -0.05) is 22.8 Å². The average molecular weight is 329 g/mol. The highest BCUT2D eigenvalue weighted by Gasteiger charge is 2.12. The van der Waals surface area contributed by atoms with Crippen molar-refractivity contribution in [2.45, 2.75) is 6.92 Å². The maximum Gasteiger partial charge on any atom is 0.269 e. The zero-order chi connectivity index (χ0) is 16.4. The van der Waals surface area contributed by atoms with E-state index in [0.717, 1.165) is 11.8 Å². The number of aryl methyl sites for hydroxylation is 1. The van der Waals surface area contributed by atoms with Gasteiger partial charge in [-0.3, -0.25) is 9.20 Å². The van der Waals surface area contributed by atoms with Gasteiger partial charge in [0.25, 0.3) is 5.56 Å². The number of benzene rings is 1. The number of hydrogen-bond acceptors (Lipinski definition) is 5. The van der Waals surface area contributed by atoms with E-state index in [9.17, 15) is 4.79 Å². The minimum Gasteiger partial charge on any atom is -0.411 e. The molecule has 1 aromatic carbocycles. The molecule has 0 fully saturated rings. The number of anilines is 2. The maximum atomic E-state index is 12.6. The number of nitrogens with zero attached hydrogens (tertiary/aromatic N) is 3. The Balaban J connectivity index is 2.18. The molecule has 0 aliphatic rings. The molecule has 2 aromatic heterocycles. The van der Waals surface area contributed by atoms with Gasteiger partial charge >= 0.3 is 0 Å². The normalized spacial score (nSPS) is 11.2. The van der Waals surface area contributed by atoms with E-state index >= 15 is 0 Å². The summed E-state index contributed by atoms with van der Waals surface area (Å²) in [6, 6.07) is 10.6. The van der Waals surface area contributed by atoms with Gasteiger partial charge in [-0.2, -0.15) is 0 Å². The highest BCUT2D eigenvalue weighted by atomic mass is 35.5. The third-order valence-electron chi connectivity index (χ3n) is 3.30. The Labute approximate surface area is 136 Å². The monoisotopic (exact) mass is 328 g/mol. The molecule has 6 nitrogen and oxygen atoms in total. The summed E-state index contributed by atoms with van der Waals surface area (Å²) < 4.78 is 1.42. The fraction of sp³-hybridized carbons (Fsp3) is 0.0625. The molecule has 2 N–H and O–H groups in total. The van der Waals surface area contributed by atoms with E-state index in [-0.39, 0.29) is 11.1 Å². The summed E-state index contributed by atoms with van der Waals surface area (Å²) in [6.07, 6.45) is 2.76. The first-order valence-corrected chi connectivity index (χ1v) is 7.19. The summed E-state index contributed by atoms with van der Waals surface area (Å²) in [4.78, 5) is 17.0. The predicted molar refractivity (Wildman–Crippen MR) is 90.3 cm³/mol. The molecule has 0 unspecified atom stereocenters. The predicted octanol–water partition coefficient (Wildman–Crippen LogP) is 3.21. The molecule has 0 radical (unpaired) electrons. The lowest BCUT2D eigenvalue weighted by Crippen LogP contribution is -2.22. The van der Waals surface area contributed by atoms with Gasteiger partial charge in [0, 0.05) is 16.9 Å². The molecule has 3 rings (SSSR count). The largest absolute Gasteiger partial charge is 0.411 e. The van der Waals surface area contributed by atoms with Crippen molar-refractivity contribution in [2.24, 2.45) is 5.16 Å². The Hall–Kier alpha value is -2.86. The Morgan fingerprint density at radius 2 is 2.00 bits per heavy atom. The molecule has 0 aliphatic carbocycles. The maximum absolute atomic E-state index is 12.6. The SMILES string of the molecule is Cc1ccc2nc(Nc3ccc(Cl)cc3)c(/C=N\O)c(=O)n2c1. The summed E-state index contributed by atoms with van der Waals surface area (Å²) in [7, 11) is 0. The van der Waals surface area contributed by atoms with Crippen LogP contribution in [0.25, 0.3) is 5.65 Å². The molecule has 23 heavy (non-hydrogen) atoms. The minimum absolute atomic E-state index is 0.158. The molecule has 0 spiro atoms. The average Bonchev–Trinajstić information content (AvgIpc) is 2.54. The third kappa shape index (κ3) is 3.02. The fourth-order valence-electron chi connectivity index (χ4n) is 2.20. The number of oxime groups is 1. The number of fused-ring (bicyclic) bond motifs is 1. The van der Waals surface area contributed by atoms with Gasteiger partial charge < -0.3 is 10.5 Å². The quantitative estimate of drug-likeness (QED) is 0.439. The van der Waals surface area contributed by atoms with Gasteiger partial charge in [-0.05, 0) is 42.8 Å². The lowest BCUT2D eigenvalue weighted by atomic mass is 10.2. The van der Waals surface area contributed by atoms with Crippen molar-refractivity contribution in [2.75, 3.05) is 5.32 Å². The molecule has 0 saturated heterocycles. The van der Waals surface area contributed by atoms with Crippen molar-refractivity contribution in [3.63, 3.8) is 0 Å². The van der Waals surface area contributed by atoms with Gasteiger partial charge in [0.1, 0.15) is 17.0 Å². The summed E-state index contributed by atoms with van der Waals surface area (Å²) in [6.45, 7) is 1.88. The topological polar surface area (TPSA) is 79.0 Å². The van der Waals surface area contributed by atoms with Gasteiger partial charge in [0.05, 0.1) is 6.21 Å². The van der Waals surface area contributed by atoms with Crippen LogP contribution >= 0.6 is 11.6 Å². The number of hydrogen-bond donors (Lipinski definition) is 2. The number of rotatable bonds is 3. The van der Waals surface area contributed by atoms with E-state index in [1.165, 1.54) is 4.40 Å². The van der Waals surface area contributed by atoms with Crippen LogP contribution in [0.2, 0.25) is 5.02 Å². The van der Waals surface area contributed by atoms with Crippen LogP contribution in [-0.4, -0.2) is 20.8 Å². The highest BCUT2D eigenvalue weighted by Crippen LogP contribution is 2.19. The summed E-state index contributed by atoms with van der Waals surface area (Å²) >= 11 is 5.86. The zero-order valence-corrected chi connectivity index (χ0v) is 12.9. The van der Waals surface area contributed by atoms with E-state index in [1.807, 2.05) is 13.0 Å². The fourth-order valence-corrected chi connectivity index (χ4v) is 2.32. The molecule has 7 heteroatoms. The molecule has 0 saturated carbocycles. The molecule has 116 valence electrons. The zero-order valence-electron chi connectivity index (χ0n) is 12.2. The standard InChI is InChI=1S/C16H13ClN4O2/c1-10-2-7-14-20-15(19-12-5-3-11(17)4-6-12)13(8-18-23)16(22)21(14)9-10/h2-9,19,23H,1H3/b18-8-. The van der Waals surface area contributed by atoms with E-state index in [0.29, 0.717) is 22.2 Å². The van der Waals surface area contributed by atoms with Gasteiger partial charge in [0.2, 0.25) is 0 Å². The van der Waals surface area contributed by atoms with E-state index < -0.39 is 0 Å². The smallest absolute Gasteiger partial charge is 0.269 e. The van der Waals surface area contributed by atoms with Gasteiger partial charge in [0.15, 0.2) is 0 Å². The second-order valence-corrected chi connectivity index (χ2v) is 5.43.